The standard InChI is InChI=1S/C18H9FN2O5/c19-14-8-4-3-7-12(14)15-13(9-20-25-15)18(24)26-21-16(22)10-5-1-2-6-11(10)17(21)23/h1-9H. The minimum atomic E-state index is -1.07. The van der Waals surface area contributed by atoms with Crippen molar-refractivity contribution in [3.63, 3.8) is 0 Å². The quantitative estimate of drug-likeness (QED) is 0.674. The smallest absolute Gasteiger partial charge is 0.355 e. The van der Waals surface area contributed by atoms with Crippen LogP contribution in [0.1, 0.15) is 31.1 Å². The molecule has 0 spiro atoms. The van der Waals surface area contributed by atoms with E-state index in [1.807, 2.05) is 0 Å². The fourth-order valence-electron chi connectivity index (χ4n) is 2.61. The van der Waals surface area contributed by atoms with Crippen molar-refractivity contribution in [1.29, 1.82) is 0 Å². The largest absolute Gasteiger partial charge is 0.369 e. The number of carbonyl (C=O) groups excluding carboxylic acids is 3. The first-order chi connectivity index (χ1) is 12.6. The highest BCUT2D eigenvalue weighted by Crippen LogP contribution is 2.28. The molecule has 0 atom stereocenters. The number of benzene rings is 2. The zero-order chi connectivity index (χ0) is 18.3. The first-order valence-electron chi connectivity index (χ1n) is 7.47. The minimum Gasteiger partial charge on any atom is -0.355 e. The molecule has 0 bridgehead atoms. The fraction of sp³-hybridized carbons (Fsp3) is 0. The van der Waals surface area contributed by atoms with Gasteiger partial charge in [0.15, 0.2) is 5.76 Å². The number of halogens is 1. The molecule has 128 valence electrons. The van der Waals surface area contributed by atoms with Gasteiger partial charge in [0.25, 0.3) is 11.8 Å². The summed E-state index contributed by atoms with van der Waals surface area (Å²) in [6, 6.07) is 11.7. The molecule has 0 N–H and O–H groups in total. The van der Waals surface area contributed by atoms with Gasteiger partial charge in [0, 0.05) is 0 Å². The molecule has 0 fully saturated rings. The molecule has 4 rings (SSSR count). The monoisotopic (exact) mass is 352 g/mol. The van der Waals surface area contributed by atoms with Gasteiger partial charge in [-0.1, -0.05) is 34.5 Å². The van der Waals surface area contributed by atoms with Gasteiger partial charge in [-0.15, -0.1) is 0 Å². The number of hydrogen-bond donors (Lipinski definition) is 0. The molecular formula is C18H9FN2O5. The van der Waals surface area contributed by atoms with E-state index in [1.165, 1.54) is 30.3 Å². The Hall–Kier alpha value is -3.81. The lowest BCUT2D eigenvalue weighted by molar-refractivity contribution is -0.0584. The third-order valence-corrected chi connectivity index (χ3v) is 3.84. The van der Waals surface area contributed by atoms with Gasteiger partial charge in [0.05, 0.1) is 22.9 Å². The zero-order valence-electron chi connectivity index (χ0n) is 13.0. The van der Waals surface area contributed by atoms with Crippen molar-refractivity contribution in [2.75, 3.05) is 0 Å². The van der Waals surface area contributed by atoms with Gasteiger partial charge in [0.1, 0.15) is 11.4 Å². The van der Waals surface area contributed by atoms with Gasteiger partial charge in [-0.05, 0) is 24.3 Å². The van der Waals surface area contributed by atoms with E-state index >= 15 is 0 Å². The number of nitrogens with zero attached hydrogens (tertiary/aromatic N) is 2. The van der Waals surface area contributed by atoms with E-state index in [9.17, 15) is 18.8 Å². The molecule has 8 heteroatoms. The van der Waals surface area contributed by atoms with Crippen LogP contribution in [0.5, 0.6) is 0 Å². The summed E-state index contributed by atoms with van der Waals surface area (Å²) in [5, 5.41) is 3.85. The molecule has 0 radical (unpaired) electrons. The van der Waals surface area contributed by atoms with Gasteiger partial charge < -0.3 is 9.36 Å². The second-order valence-corrected chi connectivity index (χ2v) is 5.38. The molecule has 0 saturated heterocycles. The highest BCUT2D eigenvalue weighted by atomic mass is 19.1. The maximum Gasteiger partial charge on any atom is 0.369 e. The molecule has 1 aliphatic heterocycles. The third kappa shape index (κ3) is 2.35. The second kappa shape index (κ2) is 5.92. The first-order valence-corrected chi connectivity index (χ1v) is 7.47. The highest BCUT2D eigenvalue weighted by Gasteiger charge is 2.39. The summed E-state index contributed by atoms with van der Waals surface area (Å²) in [6.07, 6.45) is 1.03. The van der Waals surface area contributed by atoms with E-state index in [2.05, 4.69) is 5.16 Å². The van der Waals surface area contributed by atoms with Crippen LogP contribution in [0.2, 0.25) is 0 Å². The average molecular weight is 352 g/mol. The summed E-state index contributed by atoms with van der Waals surface area (Å²) in [5.41, 5.74) is 0.0425. The predicted octanol–water partition coefficient (Wildman–Crippen LogP) is 2.85. The summed E-state index contributed by atoms with van der Waals surface area (Å²) in [4.78, 5) is 41.9. The van der Waals surface area contributed by atoms with Gasteiger partial charge in [-0.3, -0.25) is 9.59 Å². The first kappa shape index (κ1) is 15.7. The minimum absolute atomic E-state index is 0.000638. The molecule has 1 aliphatic rings. The molecule has 0 saturated carbocycles. The molecule has 0 unspecified atom stereocenters. The SMILES string of the molecule is O=C(ON1C(=O)c2ccccc2C1=O)c1cnoc1-c1ccccc1F. The molecule has 2 amide bonds. The van der Waals surface area contributed by atoms with Crippen LogP contribution in [0.4, 0.5) is 4.39 Å². The van der Waals surface area contributed by atoms with Crippen LogP contribution >= 0.6 is 0 Å². The summed E-state index contributed by atoms with van der Waals surface area (Å²) >= 11 is 0. The van der Waals surface area contributed by atoms with Crippen LogP contribution in [0, 0.1) is 5.82 Å². The normalized spacial score (nSPS) is 13.0. The van der Waals surface area contributed by atoms with Crippen molar-refractivity contribution in [3.8, 4) is 11.3 Å². The molecule has 2 heterocycles. The van der Waals surface area contributed by atoms with Crippen LogP contribution in [-0.2, 0) is 4.84 Å². The Morgan fingerprint density at radius 3 is 2.15 bits per heavy atom. The number of fused-ring (bicyclic) bond motifs is 1. The lowest BCUT2D eigenvalue weighted by atomic mass is 10.1. The molecule has 0 aliphatic carbocycles. The Bertz CT molecular complexity index is 1020. The van der Waals surface area contributed by atoms with Crippen molar-refractivity contribution in [1.82, 2.24) is 10.2 Å². The maximum absolute atomic E-state index is 13.9. The van der Waals surface area contributed by atoms with Crippen LogP contribution < -0.4 is 0 Å². The number of rotatable bonds is 3. The lowest BCUT2D eigenvalue weighted by Crippen LogP contribution is -2.32. The van der Waals surface area contributed by atoms with Crippen LogP contribution in [0.3, 0.4) is 0 Å². The molecular weight excluding hydrogens is 343 g/mol. The number of hydroxylamine groups is 2. The van der Waals surface area contributed by atoms with E-state index in [0.29, 0.717) is 5.06 Å². The van der Waals surface area contributed by atoms with E-state index in [1.54, 1.807) is 18.2 Å². The number of amides is 2. The molecule has 26 heavy (non-hydrogen) atoms. The molecule has 2 aromatic carbocycles. The zero-order valence-corrected chi connectivity index (χ0v) is 13.0. The topological polar surface area (TPSA) is 89.7 Å². The number of carbonyl (C=O) groups is 3. The van der Waals surface area contributed by atoms with Crippen LogP contribution in [-0.4, -0.2) is 28.0 Å². The van der Waals surface area contributed by atoms with Crippen molar-refractivity contribution < 1.29 is 28.1 Å². The van der Waals surface area contributed by atoms with Crippen LogP contribution in [0.15, 0.2) is 59.3 Å². The summed E-state index contributed by atoms with van der Waals surface area (Å²) in [5.74, 6) is -3.38. The second-order valence-electron chi connectivity index (χ2n) is 5.38. The van der Waals surface area contributed by atoms with E-state index in [-0.39, 0.29) is 28.0 Å². The number of imide groups is 1. The van der Waals surface area contributed by atoms with Crippen LogP contribution in [0.25, 0.3) is 11.3 Å². The van der Waals surface area contributed by atoms with Crippen molar-refractivity contribution in [2.45, 2.75) is 0 Å². The van der Waals surface area contributed by atoms with Crippen molar-refractivity contribution in [2.24, 2.45) is 0 Å². The number of hydrogen-bond acceptors (Lipinski definition) is 6. The van der Waals surface area contributed by atoms with Gasteiger partial charge in [-0.25, -0.2) is 9.18 Å². The highest BCUT2D eigenvalue weighted by molar-refractivity contribution is 6.21. The van der Waals surface area contributed by atoms with Gasteiger partial charge >= 0.3 is 5.97 Å². The molecule has 3 aromatic rings. The third-order valence-electron chi connectivity index (χ3n) is 3.84. The Labute approximate surface area is 145 Å². The predicted molar refractivity (Wildman–Crippen MR) is 84.3 cm³/mol. The van der Waals surface area contributed by atoms with E-state index < -0.39 is 23.6 Å². The Kier molecular flexibility index (Phi) is 3.58. The Morgan fingerprint density at radius 2 is 1.54 bits per heavy atom. The van der Waals surface area contributed by atoms with Crippen molar-refractivity contribution >= 4 is 17.8 Å². The Morgan fingerprint density at radius 1 is 0.962 bits per heavy atom. The molecule has 1 aromatic heterocycles. The van der Waals surface area contributed by atoms with E-state index in [0.717, 1.165) is 6.20 Å². The van der Waals surface area contributed by atoms with Crippen molar-refractivity contribution in [3.05, 3.63) is 77.2 Å². The Balaban J connectivity index is 1.64. The average Bonchev–Trinajstić information content (AvgIpc) is 3.22. The lowest BCUT2D eigenvalue weighted by Gasteiger charge is -2.12. The summed E-state index contributed by atoms with van der Waals surface area (Å²) in [6.45, 7) is 0. The number of aromatic nitrogens is 1. The maximum atomic E-state index is 13.9. The van der Waals surface area contributed by atoms with Gasteiger partial charge in [-0.2, -0.15) is 0 Å². The fourth-order valence-corrected chi connectivity index (χ4v) is 2.61. The van der Waals surface area contributed by atoms with Gasteiger partial charge in [0.2, 0.25) is 0 Å². The summed E-state index contributed by atoms with van der Waals surface area (Å²) in [7, 11) is 0. The van der Waals surface area contributed by atoms with E-state index in [4.69, 9.17) is 9.36 Å². The summed E-state index contributed by atoms with van der Waals surface area (Å²) < 4.78 is 18.9. The molecule has 7 nitrogen and oxygen atoms in total.